The lowest BCUT2D eigenvalue weighted by Gasteiger charge is -2.11. The molecule has 0 saturated carbocycles. The van der Waals surface area contributed by atoms with Gasteiger partial charge >= 0.3 is 5.97 Å². The summed E-state index contributed by atoms with van der Waals surface area (Å²) in [5.74, 6) is -3.27. The normalized spacial score (nSPS) is 12.4. The maximum absolute atomic E-state index is 12.9. The molecule has 0 bridgehead atoms. The van der Waals surface area contributed by atoms with Crippen LogP contribution in [0.2, 0.25) is 0 Å². The molecule has 1 rings (SSSR count). The van der Waals surface area contributed by atoms with E-state index in [-0.39, 0.29) is 5.56 Å². The van der Waals surface area contributed by atoms with Gasteiger partial charge in [0.15, 0.2) is 11.6 Å². The number of phenolic OH excluding ortho intramolecular Hbond substituents is 1. The van der Waals surface area contributed by atoms with Crippen molar-refractivity contribution in [3.8, 4) is 5.75 Å². The fourth-order valence-electron chi connectivity index (χ4n) is 1.34. The minimum atomic E-state index is -1.06. The van der Waals surface area contributed by atoms with Crippen LogP contribution in [0.1, 0.15) is 24.8 Å². The Bertz CT molecular complexity index is 349. The van der Waals surface area contributed by atoms with E-state index in [0.29, 0.717) is 6.42 Å². The molecular weight excluding hydrogens is 187 g/mol. The van der Waals surface area contributed by atoms with Gasteiger partial charge in [0.05, 0.1) is 5.92 Å². The Hall–Kier alpha value is -1.58. The molecule has 0 aliphatic heterocycles. The Balaban J connectivity index is 3.16. The SMILES string of the molecule is CCC(C(=O)O)c1cccc(F)c1O. The Kier molecular flexibility index (Phi) is 3.06. The van der Waals surface area contributed by atoms with Crippen molar-refractivity contribution >= 4 is 5.97 Å². The summed E-state index contributed by atoms with van der Waals surface area (Å²) in [5.41, 5.74) is 0.125. The average Bonchev–Trinajstić information content (AvgIpc) is 2.13. The van der Waals surface area contributed by atoms with Crippen molar-refractivity contribution in [2.45, 2.75) is 19.3 Å². The number of hydrogen-bond acceptors (Lipinski definition) is 2. The quantitative estimate of drug-likeness (QED) is 0.782. The molecular formula is C10H11FO3. The van der Waals surface area contributed by atoms with E-state index in [9.17, 15) is 14.3 Å². The van der Waals surface area contributed by atoms with Crippen LogP contribution in [0.4, 0.5) is 4.39 Å². The number of para-hydroxylation sites is 1. The Labute approximate surface area is 80.8 Å². The summed E-state index contributed by atoms with van der Waals surface area (Å²) in [5, 5.41) is 18.1. The first kappa shape index (κ1) is 10.5. The fourth-order valence-corrected chi connectivity index (χ4v) is 1.34. The summed E-state index contributed by atoms with van der Waals surface area (Å²) in [6, 6.07) is 3.89. The number of aliphatic carboxylic acids is 1. The smallest absolute Gasteiger partial charge is 0.311 e. The Morgan fingerprint density at radius 3 is 2.71 bits per heavy atom. The summed E-state index contributed by atoms with van der Waals surface area (Å²) < 4.78 is 12.9. The lowest BCUT2D eigenvalue weighted by molar-refractivity contribution is -0.138. The number of carboxylic acids is 1. The minimum Gasteiger partial charge on any atom is -0.505 e. The largest absolute Gasteiger partial charge is 0.505 e. The van der Waals surface area contributed by atoms with Crippen LogP contribution < -0.4 is 0 Å². The number of benzene rings is 1. The molecule has 1 aromatic rings. The summed E-state index contributed by atoms with van der Waals surface area (Å²) in [7, 11) is 0. The Morgan fingerprint density at radius 2 is 2.21 bits per heavy atom. The van der Waals surface area contributed by atoms with Crippen LogP contribution in [0, 0.1) is 5.82 Å². The molecule has 4 heteroatoms. The van der Waals surface area contributed by atoms with E-state index in [0.717, 1.165) is 6.07 Å². The van der Waals surface area contributed by atoms with E-state index in [4.69, 9.17) is 5.11 Å². The highest BCUT2D eigenvalue weighted by Gasteiger charge is 2.22. The third-order valence-electron chi connectivity index (χ3n) is 2.10. The van der Waals surface area contributed by atoms with E-state index in [1.54, 1.807) is 6.92 Å². The zero-order chi connectivity index (χ0) is 10.7. The second-order valence-electron chi connectivity index (χ2n) is 2.98. The van der Waals surface area contributed by atoms with Gasteiger partial charge in [-0.15, -0.1) is 0 Å². The van der Waals surface area contributed by atoms with Gasteiger partial charge < -0.3 is 10.2 Å². The van der Waals surface area contributed by atoms with E-state index in [1.807, 2.05) is 0 Å². The molecule has 3 nitrogen and oxygen atoms in total. The predicted molar refractivity (Wildman–Crippen MR) is 48.7 cm³/mol. The van der Waals surface area contributed by atoms with E-state index < -0.39 is 23.5 Å². The number of rotatable bonds is 3. The molecule has 0 fully saturated rings. The van der Waals surface area contributed by atoms with Gasteiger partial charge in [-0.2, -0.15) is 0 Å². The minimum absolute atomic E-state index is 0.125. The number of carbonyl (C=O) groups is 1. The molecule has 2 N–H and O–H groups in total. The molecule has 1 atom stereocenters. The highest BCUT2D eigenvalue weighted by molar-refractivity contribution is 5.77. The zero-order valence-electron chi connectivity index (χ0n) is 7.70. The lowest BCUT2D eigenvalue weighted by Crippen LogP contribution is -2.10. The highest BCUT2D eigenvalue weighted by Crippen LogP contribution is 2.30. The number of carboxylic acid groups (broad SMARTS) is 1. The molecule has 1 aromatic carbocycles. The molecule has 1 unspecified atom stereocenters. The van der Waals surface area contributed by atoms with Crippen LogP contribution in [-0.2, 0) is 4.79 Å². The van der Waals surface area contributed by atoms with E-state index in [1.165, 1.54) is 12.1 Å². The van der Waals surface area contributed by atoms with Crippen LogP contribution >= 0.6 is 0 Å². The van der Waals surface area contributed by atoms with Crippen LogP contribution in [-0.4, -0.2) is 16.2 Å². The number of aromatic hydroxyl groups is 1. The van der Waals surface area contributed by atoms with E-state index >= 15 is 0 Å². The first-order chi connectivity index (χ1) is 6.57. The van der Waals surface area contributed by atoms with Gasteiger partial charge in [-0.05, 0) is 12.5 Å². The van der Waals surface area contributed by atoms with Crippen molar-refractivity contribution in [3.63, 3.8) is 0 Å². The van der Waals surface area contributed by atoms with Gasteiger partial charge in [0.2, 0.25) is 0 Å². The third-order valence-corrected chi connectivity index (χ3v) is 2.10. The molecule has 0 saturated heterocycles. The number of hydrogen-bond donors (Lipinski definition) is 2. The fraction of sp³-hybridized carbons (Fsp3) is 0.300. The van der Waals surface area contributed by atoms with E-state index in [2.05, 4.69) is 0 Å². The second kappa shape index (κ2) is 4.09. The summed E-state index contributed by atoms with van der Waals surface area (Å²) >= 11 is 0. The first-order valence-corrected chi connectivity index (χ1v) is 4.28. The number of phenols is 1. The molecule has 76 valence electrons. The highest BCUT2D eigenvalue weighted by atomic mass is 19.1. The van der Waals surface area contributed by atoms with Crippen LogP contribution in [0.3, 0.4) is 0 Å². The van der Waals surface area contributed by atoms with Crippen molar-refractivity contribution in [1.82, 2.24) is 0 Å². The summed E-state index contributed by atoms with van der Waals surface area (Å²) in [4.78, 5) is 10.8. The van der Waals surface area contributed by atoms with Crippen molar-refractivity contribution in [2.24, 2.45) is 0 Å². The maximum Gasteiger partial charge on any atom is 0.311 e. The summed E-state index contributed by atoms with van der Waals surface area (Å²) in [6.45, 7) is 1.67. The maximum atomic E-state index is 12.9. The van der Waals surface area contributed by atoms with Crippen molar-refractivity contribution in [1.29, 1.82) is 0 Å². The van der Waals surface area contributed by atoms with Gasteiger partial charge in [-0.3, -0.25) is 4.79 Å². The predicted octanol–water partition coefficient (Wildman–Crippen LogP) is 2.11. The lowest BCUT2D eigenvalue weighted by atomic mass is 9.96. The van der Waals surface area contributed by atoms with Gasteiger partial charge in [0, 0.05) is 5.56 Å². The molecule has 0 heterocycles. The topological polar surface area (TPSA) is 57.5 Å². The summed E-state index contributed by atoms with van der Waals surface area (Å²) in [6.07, 6.45) is 0.312. The van der Waals surface area contributed by atoms with Crippen molar-refractivity contribution in [2.75, 3.05) is 0 Å². The third kappa shape index (κ3) is 1.84. The number of halogens is 1. The van der Waals surface area contributed by atoms with Crippen LogP contribution in [0.25, 0.3) is 0 Å². The zero-order valence-corrected chi connectivity index (χ0v) is 7.70. The van der Waals surface area contributed by atoms with Gasteiger partial charge in [0.25, 0.3) is 0 Å². The molecule has 0 aromatic heterocycles. The molecule has 0 amide bonds. The molecule has 0 aliphatic rings. The average molecular weight is 198 g/mol. The monoisotopic (exact) mass is 198 g/mol. The van der Waals surface area contributed by atoms with Crippen molar-refractivity contribution < 1.29 is 19.4 Å². The van der Waals surface area contributed by atoms with Gasteiger partial charge in [-0.25, -0.2) is 4.39 Å². The van der Waals surface area contributed by atoms with Crippen LogP contribution in [0.15, 0.2) is 18.2 Å². The molecule has 0 spiro atoms. The standard InChI is InChI=1S/C10H11FO3/c1-2-6(10(13)14)7-4-3-5-8(11)9(7)12/h3-6,12H,2H2,1H3,(H,13,14). The van der Waals surface area contributed by atoms with Gasteiger partial charge in [0.1, 0.15) is 0 Å². The second-order valence-corrected chi connectivity index (χ2v) is 2.98. The van der Waals surface area contributed by atoms with Gasteiger partial charge in [-0.1, -0.05) is 19.1 Å². The van der Waals surface area contributed by atoms with Crippen LogP contribution in [0.5, 0.6) is 5.75 Å². The molecule has 14 heavy (non-hydrogen) atoms. The Morgan fingerprint density at radius 1 is 1.57 bits per heavy atom. The first-order valence-electron chi connectivity index (χ1n) is 4.28. The molecule has 0 radical (unpaired) electrons. The van der Waals surface area contributed by atoms with Crippen molar-refractivity contribution in [3.05, 3.63) is 29.6 Å². The molecule has 0 aliphatic carbocycles.